The molecule has 0 radical (unpaired) electrons. The molecule has 1 amide bonds. The minimum atomic E-state index is -0.0724. The zero-order chi connectivity index (χ0) is 20.4. The highest BCUT2D eigenvalue weighted by molar-refractivity contribution is 7.20. The first kappa shape index (κ1) is 20.5. The van der Waals surface area contributed by atoms with Crippen molar-refractivity contribution in [3.8, 4) is 0 Å². The Balaban J connectivity index is 1.44. The van der Waals surface area contributed by atoms with Crippen LogP contribution in [0, 0.1) is 6.92 Å². The SMILES string of the molecule is Cc1c(C(=O)NCCCN2CCCC[C@H]2C)sc2nc3n(c(=O)c12)CCCCC3. The normalized spacial score (nSPS) is 20.4. The zero-order valence-electron chi connectivity index (χ0n) is 17.6. The van der Waals surface area contributed by atoms with Gasteiger partial charge in [-0.05, 0) is 58.1 Å². The van der Waals surface area contributed by atoms with Crippen molar-refractivity contribution in [1.82, 2.24) is 19.8 Å². The Morgan fingerprint density at radius 2 is 2.03 bits per heavy atom. The van der Waals surface area contributed by atoms with E-state index in [-0.39, 0.29) is 11.5 Å². The summed E-state index contributed by atoms with van der Waals surface area (Å²) in [5, 5.41) is 3.69. The summed E-state index contributed by atoms with van der Waals surface area (Å²) in [6.45, 7) is 7.79. The molecule has 6 nitrogen and oxygen atoms in total. The number of nitrogens with zero attached hydrogens (tertiary/aromatic N) is 3. The molecule has 158 valence electrons. The minimum absolute atomic E-state index is 0.0267. The van der Waals surface area contributed by atoms with Gasteiger partial charge in [0.2, 0.25) is 0 Å². The average Bonchev–Trinajstić information content (AvgIpc) is 2.88. The lowest BCUT2D eigenvalue weighted by Crippen LogP contribution is -2.39. The summed E-state index contributed by atoms with van der Waals surface area (Å²) in [6.07, 6.45) is 8.92. The van der Waals surface area contributed by atoms with Gasteiger partial charge in [0.1, 0.15) is 10.7 Å². The number of aryl methyl sites for hydroxylation is 2. The predicted molar refractivity (Wildman–Crippen MR) is 118 cm³/mol. The largest absolute Gasteiger partial charge is 0.351 e. The summed E-state index contributed by atoms with van der Waals surface area (Å²) in [6, 6.07) is 0.651. The van der Waals surface area contributed by atoms with E-state index in [1.807, 2.05) is 11.5 Å². The molecule has 2 aromatic heterocycles. The van der Waals surface area contributed by atoms with E-state index in [9.17, 15) is 9.59 Å². The van der Waals surface area contributed by atoms with Crippen molar-refractivity contribution in [2.75, 3.05) is 19.6 Å². The van der Waals surface area contributed by atoms with Gasteiger partial charge >= 0.3 is 0 Å². The molecule has 4 rings (SSSR count). The molecule has 1 N–H and O–H groups in total. The van der Waals surface area contributed by atoms with Crippen molar-refractivity contribution in [2.24, 2.45) is 0 Å². The third-order valence-corrected chi connectivity index (χ3v) is 7.65. The molecule has 2 aliphatic rings. The first-order chi connectivity index (χ1) is 14.1. The summed E-state index contributed by atoms with van der Waals surface area (Å²) >= 11 is 1.37. The van der Waals surface area contributed by atoms with Gasteiger partial charge < -0.3 is 10.2 Å². The van der Waals surface area contributed by atoms with Gasteiger partial charge in [0, 0.05) is 32.1 Å². The Labute approximate surface area is 176 Å². The number of hydrogen-bond donors (Lipinski definition) is 1. The molecule has 2 aromatic rings. The molecule has 0 bridgehead atoms. The second-order valence-electron chi connectivity index (χ2n) is 8.52. The van der Waals surface area contributed by atoms with E-state index in [0.717, 1.165) is 56.6 Å². The van der Waals surface area contributed by atoms with Crippen LogP contribution in [0.1, 0.15) is 72.9 Å². The number of fused-ring (bicyclic) bond motifs is 2. The summed E-state index contributed by atoms with van der Waals surface area (Å²) in [5.74, 6) is 0.806. The minimum Gasteiger partial charge on any atom is -0.351 e. The van der Waals surface area contributed by atoms with E-state index < -0.39 is 0 Å². The lowest BCUT2D eigenvalue weighted by molar-refractivity contribution is 0.0952. The van der Waals surface area contributed by atoms with Gasteiger partial charge in [0.25, 0.3) is 11.5 Å². The van der Waals surface area contributed by atoms with Crippen LogP contribution in [0.2, 0.25) is 0 Å². The van der Waals surface area contributed by atoms with Crippen LogP contribution in [0.4, 0.5) is 0 Å². The van der Waals surface area contributed by atoms with Gasteiger partial charge in [-0.15, -0.1) is 11.3 Å². The number of aromatic nitrogens is 2. The van der Waals surface area contributed by atoms with Crippen LogP contribution in [0.3, 0.4) is 0 Å². The topological polar surface area (TPSA) is 67.2 Å². The molecule has 1 fully saturated rings. The third kappa shape index (κ3) is 4.26. The van der Waals surface area contributed by atoms with Crippen LogP contribution in [0.5, 0.6) is 0 Å². The molecule has 0 aromatic carbocycles. The molecule has 29 heavy (non-hydrogen) atoms. The number of hydrogen-bond acceptors (Lipinski definition) is 5. The van der Waals surface area contributed by atoms with Crippen molar-refractivity contribution in [1.29, 1.82) is 0 Å². The summed E-state index contributed by atoms with van der Waals surface area (Å²) in [5.41, 5.74) is 0.808. The molecule has 0 spiro atoms. The Kier molecular flexibility index (Phi) is 6.35. The van der Waals surface area contributed by atoms with Gasteiger partial charge in [-0.25, -0.2) is 4.98 Å². The Bertz CT molecular complexity index is 948. The van der Waals surface area contributed by atoms with E-state index >= 15 is 0 Å². The van der Waals surface area contributed by atoms with Crippen LogP contribution >= 0.6 is 11.3 Å². The maximum atomic E-state index is 13.0. The van der Waals surface area contributed by atoms with Crippen molar-refractivity contribution in [3.63, 3.8) is 0 Å². The van der Waals surface area contributed by atoms with Crippen molar-refractivity contribution < 1.29 is 4.79 Å². The smallest absolute Gasteiger partial charge is 0.262 e. The number of piperidine rings is 1. The van der Waals surface area contributed by atoms with E-state index in [4.69, 9.17) is 4.98 Å². The van der Waals surface area contributed by atoms with E-state index in [1.165, 1.54) is 37.1 Å². The molecule has 0 unspecified atom stereocenters. The average molecular weight is 417 g/mol. The molecular formula is C22H32N4O2S. The monoisotopic (exact) mass is 416 g/mol. The van der Waals surface area contributed by atoms with Gasteiger partial charge in [0.15, 0.2) is 0 Å². The van der Waals surface area contributed by atoms with Crippen molar-refractivity contribution >= 4 is 27.5 Å². The molecule has 1 atom stereocenters. The molecule has 4 heterocycles. The highest BCUT2D eigenvalue weighted by Crippen LogP contribution is 2.28. The lowest BCUT2D eigenvalue weighted by Gasteiger charge is -2.33. The van der Waals surface area contributed by atoms with E-state index in [1.54, 1.807) is 0 Å². The fraction of sp³-hybridized carbons (Fsp3) is 0.682. The zero-order valence-corrected chi connectivity index (χ0v) is 18.4. The number of thiophene rings is 1. The highest BCUT2D eigenvalue weighted by Gasteiger charge is 2.22. The highest BCUT2D eigenvalue weighted by atomic mass is 32.1. The first-order valence-corrected chi connectivity index (χ1v) is 11.9. The number of amides is 1. The maximum absolute atomic E-state index is 13.0. The second kappa shape index (κ2) is 8.96. The summed E-state index contributed by atoms with van der Waals surface area (Å²) in [7, 11) is 0. The molecule has 0 saturated carbocycles. The van der Waals surface area contributed by atoms with Crippen LogP contribution in [-0.4, -0.2) is 46.0 Å². The van der Waals surface area contributed by atoms with Crippen LogP contribution in [0.25, 0.3) is 10.2 Å². The summed E-state index contributed by atoms with van der Waals surface area (Å²) < 4.78 is 1.83. The first-order valence-electron chi connectivity index (χ1n) is 11.1. The number of carbonyl (C=O) groups excluding carboxylic acids is 1. The van der Waals surface area contributed by atoms with Gasteiger partial charge in [-0.2, -0.15) is 0 Å². The number of carbonyl (C=O) groups is 1. The Morgan fingerprint density at radius 1 is 1.21 bits per heavy atom. The van der Waals surface area contributed by atoms with Crippen molar-refractivity contribution in [3.05, 3.63) is 26.6 Å². The number of rotatable bonds is 5. The van der Waals surface area contributed by atoms with Gasteiger partial charge in [-0.3, -0.25) is 14.2 Å². The van der Waals surface area contributed by atoms with Crippen LogP contribution in [0.15, 0.2) is 4.79 Å². The quantitative estimate of drug-likeness (QED) is 0.758. The summed E-state index contributed by atoms with van der Waals surface area (Å²) in [4.78, 5) is 34.5. The lowest BCUT2D eigenvalue weighted by atomic mass is 10.0. The Morgan fingerprint density at radius 3 is 2.86 bits per heavy atom. The molecule has 2 aliphatic heterocycles. The van der Waals surface area contributed by atoms with E-state index in [0.29, 0.717) is 27.7 Å². The van der Waals surface area contributed by atoms with Crippen LogP contribution < -0.4 is 10.9 Å². The van der Waals surface area contributed by atoms with Crippen molar-refractivity contribution in [2.45, 2.75) is 77.8 Å². The molecule has 7 heteroatoms. The third-order valence-electron chi connectivity index (χ3n) is 6.47. The molecular weight excluding hydrogens is 384 g/mol. The molecule has 1 saturated heterocycles. The molecule has 0 aliphatic carbocycles. The van der Waals surface area contributed by atoms with E-state index in [2.05, 4.69) is 17.1 Å². The van der Waals surface area contributed by atoms with Gasteiger partial charge in [0.05, 0.1) is 10.3 Å². The number of likely N-dealkylation sites (tertiary alicyclic amines) is 1. The maximum Gasteiger partial charge on any atom is 0.262 e. The Hall–Kier alpha value is -1.73. The van der Waals surface area contributed by atoms with Crippen LogP contribution in [-0.2, 0) is 13.0 Å². The van der Waals surface area contributed by atoms with Gasteiger partial charge in [-0.1, -0.05) is 12.8 Å². The fourth-order valence-electron chi connectivity index (χ4n) is 4.68. The predicted octanol–water partition coefficient (Wildman–Crippen LogP) is 3.49. The fourth-order valence-corrected chi connectivity index (χ4v) is 5.79. The number of nitrogens with one attached hydrogen (secondary N) is 1. The standard InChI is InChI=1S/C22H32N4O2S/c1-15-9-5-7-12-25(15)13-8-11-23-20(27)19-16(2)18-21(29-19)24-17-10-4-3-6-14-26(17)22(18)28/h15H,3-14H2,1-2H3,(H,23,27)/t15-/m1/s1. The second-order valence-corrected chi connectivity index (χ2v) is 9.52.